The lowest BCUT2D eigenvalue weighted by molar-refractivity contribution is -0.134. The Bertz CT molecular complexity index is 1010. The average molecular weight is 439 g/mol. The number of nitrogens with zero attached hydrogens (tertiary/aromatic N) is 4. The minimum atomic E-state index is -0.289. The van der Waals surface area contributed by atoms with E-state index in [2.05, 4.69) is 24.0 Å². The first-order valence-electron chi connectivity index (χ1n) is 10.7. The number of carbonyl (C=O) groups excluding carboxylic acids is 1. The van der Waals surface area contributed by atoms with Gasteiger partial charge in [-0.25, -0.2) is 4.39 Å². The molecule has 0 radical (unpaired) electrons. The standard InChI is InChI=1S/C24H27FN4OS/c1-17-7-6-8-18(2)29(17)22(30)16-31-24-27-26-23(20-11-13-21(25)14-12-20)28(24)15-19-9-4-3-5-10-19/h3-5,9-14,17-18H,6-8,15-16H2,1-2H3. The van der Waals surface area contributed by atoms with Crippen LogP contribution >= 0.6 is 11.8 Å². The molecule has 31 heavy (non-hydrogen) atoms. The van der Waals surface area contributed by atoms with Crippen LogP contribution < -0.4 is 0 Å². The fraction of sp³-hybridized carbons (Fsp3) is 0.375. The van der Waals surface area contributed by atoms with Crippen molar-refractivity contribution in [2.75, 3.05) is 5.75 Å². The molecule has 5 nitrogen and oxygen atoms in total. The van der Waals surface area contributed by atoms with Crippen molar-refractivity contribution >= 4 is 17.7 Å². The highest BCUT2D eigenvalue weighted by atomic mass is 32.2. The van der Waals surface area contributed by atoms with Crippen LogP contribution in [0, 0.1) is 5.82 Å². The zero-order valence-electron chi connectivity index (χ0n) is 17.9. The number of piperidine rings is 1. The number of hydrogen-bond donors (Lipinski definition) is 0. The molecule has 0 spiro atoms. The van der Waals surface area contributed by atoms with Crippen molar-refractivity contribution < 1.29 is 9.18 Å². The van der Waals surface area contributed by atoms with Gasteiger partial charge in [-0.1, -0.05) is 42.1 Å². The predicted molar refractivity (Wildman–Crippen MR) is 121 cm³/mol. The summed E-state index contributed by atoms with van der Waals surface area (Å²) in [6, 6.07) is 16.9. The van der Waals surface area contributed by atoms with Crippen molar-refractivity contribution in [2.45, 2.75) is 56.9 Å². The van der Waals surface area contributed by atoms with Gasteiger partial charge < -0.3 is 4.90 Å². The normalized spacial score (nSPS) is 18.9. The maximum atomic E-state index is 13.4. The molecule has 1 amide bonds. The van der Waals surface area contributed by atoms with Gasteiger partial charge in [-0.15, -0.1) is 10.2 Å². The fourth-order valence-corrected chi connectivity index (χ4v) is 5.04. The van der Waals surface area contributed by atoms with Crippen LogP contribution in [0.25, 0.3) is 11.4 Å². The fourth-order valence-electron chi connectivity index (χ4n) is 4.23. The van der Waals surface area contributed by atoms with Gasteiger partial charge in [0.1, 0.15) is 5.82 Å². The Hall–Kier alpha value is -2.67. The first-order chi connectivity index (χ1) is 15.0. The number of thioether (sulfide) groups is 1. The molecule has 2 heterocycles. The van der Waals surface area contributed by atoms with Gasteiger partial charge in [0, 0.05) is 17.6 Å². The Kier molecular flexibility index (Phi) is 6.70. The number of aromatic nitrogens is 3. The molecule has 0 aliphatic carbocycles. The molecule has 1 fully saturated rings. The number of carbonyl (C=O) groups is 1. The summed E-state index contributed by atoms with van der Waals surface area (Å²) in [7, 11) is 0. The summed E-state index contributed by atoms with van der Waals surface area (Å²) in [6.07, 6.45) is 3.28. The van der Waals surface area contributed by atoms with E-state index in [0.717, 1.165) is 24.0 Å². The molecule has 3 aromatic rings. The molecule has 1 aromatic heterocycles. The molecule has 0 N–H and O–H groups in total. The predicted octanol–water partition coefficient (Wildman–Crippen LogP) is 5.01. The zero-order chi connectivity index (χ0) is 21.8. The summed E-state index contributed by atoms with van der Waals surface area (Å²) in [4.78, 5) is 15.0. The largest absolute Gasteiger partial charge is 0.337 e. The topological polar surface area (TPSA) is 51.0 Å². The quantitative estimate of drug-likeness (QED) is 0.508. The minimum Gasteiger partial charge on any atom is -0.337 e. The van der Waals surface area contributed by atoms with Crippen LogP contribution in [0.3, 0.4) is 0 Å². The maximum Gasteiger partial charge on any atom is 0.233 e. The van der Waals surface area contributed by atoms with E-state index < -0.39 is 0 Å². The Balaban J connectivity index is 1.58. The van der Waals surface area contributed by atoms with Crippen molar-refractivity contribution in [2.24, 2.45) is 0 Å². The smallest absolute Gasteiger partial charge is 0.233 e. The van der Waals surface area contributed by atoms with Crippen molar-refractivity contribution in [3.8, 4) is 11.4 Å². The van der Waals surface area contributed by atoms with E-state index in [1.165, 1.54) is 30.3 Å². The van der Waals surface area contributed by atoms with Gasteiger partial charge >= 0.3 is 0 Å². The van der Waals surface area contributed by atoms with E-state index in [4.69, 9.17) is 0 Å². The number of likely N-dealkylation sites (tertiary alicyclic amines) is 1. The summed E-state index contributed by atoms with van der Waals surface area (Å²) >= 11 is 1.41. The van der Waals surface area contributed by atoms with Crippen LogP contribution in [0.4, 0.5) is 4.39 Å². The second-order valence-electron chi connectivity index (χ2n) is 8.10. The summed E-state index contributed by atoms with van der Waals surface area (Å²) in [5.74, 6) is 0.842. The molecule has 1 aliphatic heterocycles. The van der Waals surface area contributed by atoms with E-state index in [1.54, 1.807) is 12.1 Å². The van der Waals surface area contributed by atoms with Crippen molar-refractivity contribution in [1.29, 1.82) is 0 Å². The molecule has 4 rings (SSSR count). The summed E-state index contributed by atoms with van der Waals surface area (Å²) in [6.45, 7) is 4.83. The highest BCUT2D eigenvalue weighted by Crippen LogP contribution is 2.28. The molecule has 162 valence electrons. The SMILES string of the molecule is CC1CCCC(C)N1C(=O)CSc1nnc(-c2ccc(F)cc2)n1Cc1ccccc1. The monoisotopic (exact) mass is 438 g/mol. The third-order valence-electron chi connectivity index (χ3n) is 5.81. The molecule has 2 aromatic carbocycles. The lowest BCUT2D eigenvalue weighted by Gasteiger charge is -2.39. The highest BCUT2D eigenvalue weighted by molar-refractivity contribution is 7.99. The molecule has 1 saturated heterocycles. The van der Waals surface area contributed by atoms with Crippen LogP contribution in [-0.2, 0) is 11.3 Å². The number of hydrogen-bond acceptors (Lipinski definition) is 4. The Morgan fingerprint density at radius 1 is 1.03 bits per heavy atom. The minimum absolute atomic E-state index is 0.141. The number of rotatable bonds is 6. The van der Waals surface area contributed by atoms with Crippen LogP contribution in [0.2, 0.25) is 0 Å². The lowest BCUT2D eigenvalue weighted by Crippen LogP contribution is -2.48. The second kappa shape index (κ2) is 9.64. The Labute approximate surface area is 186 Å². The van der Waals surface area contributed by atoms with E-state index >= 15 is 0 Å². The van der Waals surface area contributed by atoms with Gasteiger partial charge in [-0.2, -0.15) is 0 Å². The van der Waals surface area contributed by atoms with Gasteiger partial charge in [0.2, 0.25) is 5.91 Å². The van der Waals surface area contributed by atoms with Gasteiger partial charge in [-0.05, 0) is 62.9 Å². The molecule has 7 heteroatoms. The summed E-state index contributed by atoms with van der Waals surface area (Å²) in [5.41, 5.74) is 1.90. The maximum absolute atomic E-state index is 13.4. The molecule has 2 unspecified atom stereocenters. The van der Waals surface area contributed by atoms with E-state index in [-0.39, 0.29) is 23.8 Å². The Morgan fingerprint density at radius 3 is 2.39 bits per heavy atom. The Morgan fingerprint density at radius 2 is 1.71 bits per heavy atom. The van der Waals surface area contributed by atoms with Crippen molar-refractivity contribution in [3.63, 3.8) is 0 Å². The molecule has 0 bridgehead atoms. The first kappa shape index (κ1) is 21.6. The van der Waals surface area contributed by atoms with Crippen LogP contribution in [0.15, 0.2) is 59.8 Å². The molecular formula is C24H27FN4OS. The van der Waals surface area contributed by atoms with Crippen LogP contribution in [-0.4, -0.2) is 43.4 Å². The van der Waals surface area contributed by atoms with E-state index in [0.29, 0.717) is 23.3 Å². The third-order valence-corrected chi connectivity index (χ3v) is 6.76. The zero-order valence-corrected chi connectivity index (χ0v) is 18.7. The summed E-state index contributed by atoms with van der Waals surface area (Å²) < 4.78 is 15.4. The molecule has 1 aliphatic rings. The highest BCUT2D eigenvalue weighted by Gasteiger charge is 2.29. The third kappa shape index (κ3) is 4.98. The number of halogens is 1. The van der Waals surface area contributed by atoms with E-state index in [9.17, 15) is 9.18 Å². The van der Waals surface area contributed by atoms with Gasteiger partial charge in [-0.3, -0.25) is 9.36 Å². The lowest BCUT2D eigenvalue weighted by atomic mass is 9.98. The molecular weight excluding hydrogens is 411 g/mol. The second-order valence-corrected chi connectivity index (χ2v) is 9.05. The van der Waals surface area contributed by atoms with Crippen molar-refractivity contribution in [1.82, 2.24) is 19.7 Å². The summed E-state index contributed by atoms with van der Waals surface area (Å²) in [5, 5.41) is 9.44. The van der Waals surface area contributed by atoms with Crippen LogP contribution in [0.1, 0.15) is 38.7 Å². The van der Waals surface area contributed by atoms with Gasteiger partial charge in [0.25, 0.3) is 0 Å². The van der Waals surface area contributed by atoms with Crippen LogP contribution in [0.5, 0.6) is 0 Å². The average Bonchev–Trinajstić information content (AvgIpc) is 3.16. The number of amides is 1. The molecule has 2 atom stereocenters. The number of benzene rings is 2. The van der Waals surface area contributed by atoms with Gasteiger partial charge in [0.05, 0.1) is 12.3 Å². The van der Waals surface area contributed by atoms with Crippen molar-refractivity contribution in [3.05, 3.63) is 66.0 Å². The van der Waals surface area contributed by atoms with E-state index in [1.807, 2.05) is 39.8 Å². The van der Waals surface area contributed by atoms with Gasteiger partial charge in [0.15, 0.2) is 11.0 Å². The first-order valence-corrected chi connectivity index (χ1v) is 11.7. The molecule has 0 saturated carbocycles.